The third kappa shape index (κ3) is 3.40. The van der Waals surface area contributed by atoms with Gasteiger partial charge in [0.05, 0.1) is 12.8 Å². The summed E-state index contributed by atoms with van der Waals surface area (Å²) in [7, 11) is 1.56. The number of methoxy groups -OCH3 is 1. The van der Waals surface area contributed by atoms with E-state index < -0.39 is 22.2 Å². The highest BCUT2D eigenvalue weighted by Crippen LogP contribution is 2.45. The quantitative estimate of drug-likeness (QED) is 0.797. The van der Waals surface area contributed by atoms with Gasteiger partial charge in [0, 0.05) is 24.6 Å². The SMILES string of the molecule is COc1ccc2c(n1)/C(=N\[S+]([O-])C(C)(C)C)C1(CCN(C(=O)O)CC1)C2. The summed E-state index contributed by atoms with van der Waals surface area (Å²) in [4.78, 5) is 17.3. The molecule has 0 bridgehead atoms. The summed E-state index contributed by atoms with van der Waals surface area (Å²) < 4.78 is 22.1. The van der Waals surface area contributed by atoms with Crippen molar-refractivity contribution in [1.82, 2.24) is 9.88 Å². The zero-order valence-electron chi connectivity index (χ0n) is 15.6. The Hall–Kier alpha value is -1.80. The van der Waals surface area contributed by atoms with Gasteiger partial charge in [0.1, 0.15) is 21.8 Å². The average Bonchev–Trinajstić information content (AvgIpc) is 2.87. The molecule has 2 heterocycles. The maximum absolute atomic E-state index is 12.7. The van der Waals surface area contributed by atoms with Crippen LogP contribution in [0.25, 0.3) is 0 Å². The molecule has 1 spiro atoms. The van der Waals surface area contributed by atoms with Gasteiger partial charge in [-0.25, -0.2) is 9.78 Å². The molecule has 0 radical (unpaired) electrons. The lowest BCUT2D eigenvalue weighted by Crippen LogP contribution is -2.46. The molecule has 8 heteroatoms. The molecule has 0 aromatic carbocycles. The number of piperidine rings is 1. The van der Waals surface area contributed by atoms with E-state index in [9.17, 15) is 14.5 Å². The van der Waals surface area contributed by atoms with Crippen molar-refractivity contribution in [2.75, 3.05) is 20.2 Å². The van der Waals surface area contributed by atoms with Crippen molar-refractivity contribution in [3.05, 3.63) is 23.4 Å². The van der Waals surface area contributed by atoms with Gasteiger partial charge in [-0.2, -0.15) is 0 Å². The van der Waals surface area contributed by atoms with Gasteiger partial charge < -0.3 is 19.3 Å². The Kier molecular flexibility index (Phi) is 4.92. The molecule has 1 atom stereocenters. The number of carbonyl (C=O) groups is 1. The second-order valence-corrected chi connectivity index (χ2v) is 9.80. The number of likely N-dealkylation sites (tertiary alicyclic amines) is 1. The lowest BCUT2D eigenvalue weighted by Gasteiger charge is -2.38. The van der Waals surface area contributed by atoms with Crippen LogP contribution in [0.3, 0.4) is 0 Å². The molecule has 3 rings (SSSR count). The van der Waals surface area contributed by atoms with Gasteiger partial charge in [0.2, 0.25) is 5.88 Å². The van der Waals surface area contributed by atoms with E-state index in [1.54, 1.807) is 7.11 Å². The number of carboxylic acid groups (broad SMARTS) is 1. The Bertz CT molecular complexity index is 736. The minimum atomic E-state index is -1.41. The number of hydrogen-bond donors (Lipinski definition) is 1. The third-order valence-electron chi connectivity index (χ3n) is 5.11. The maximum Gasteiger partial charge on any atom is 0.407 e. The molecule has 1 saturated heterocycles. The second kappa shape index (κ2) is 6.74. The molecule has 142 valence electrons. The third-order valence-corrected chi connectivity index (χ3v) is 6.50. The number of hydrogen-bond acceptors (Lipinski definition) is 5. The first-order valence-corrected chi connectivity index (χ1v) is 9.80. The van der Waals surface area contributed by atoms with Crippen LogP contribution in [0.5, 0.6) is 5.88 Å². The number of amides is 1. The summed E-state index contributed by atoms with van der Waals surface area (Å²) in [5.41, 5.74) is 2.23. The predicted octanol–water partition coefficient (Wildman–Crippen LogP) is 2.66. The summed E-state index contributed by atoms with van der Waals surface area (Å²) in [6, 6.07) is 3.80. The first-order valence-electron chi connectivity index (χ1n) is 8.70. The van der Waals surface area contributed by atoms with Crippen LogP contribution >= 0.6 is 0 Å². The molecular weight excluding hydrogens is 354 g/mol. The minimum absolute atomic E-state index is 0.311. The molecule has 1 N–H and O–H groups in total. The maximum atomic E-state index is 12.7. The van der Waals surface area contributed by atoms with E-state index in [0.29, 0.717) is 31.8 Å². The summed E-state index contributed by atoms with van der Waals surface area (Å²) >= 11 is -1.41. The van der Waals surface area contributed by atoms with Gasteiger partial charge in [-0.05, 0) is 45.6 Å². The van der Waals surface area contributed by atoms with E-state index in [1.165, 1.54) is 4.90 Å². The standard InChI is InChI=1S/C18H25N3O4S/c1-17(2,3)26(24)20-15-14-12(5-6-13(19-14)25-4)11-18(15)7-9-21(10-8-18)16(22)23/h5-6H,7-11H2,1-4H3,(H,22,23)/b20-15+. The molecule has 0 saturated carbocycles. The zero-order chi connectivity index (χ0) is 19.1. The number of fused-ring (bicyclic) bond motifs is 1. The Labute approximate surface area is 156 Å². The molecule has 1 amide bonds. The van der Waals surface area contributed by atoms with E-state index in [1.807, 2.05) is 32.9 Å². The van der Waals surface area contributed by atoms with Crippen molar-refractivity contribution in [3.8, 4) is 5.88 Å². The Balaban J connectivity index is 2.02. The fourth-order valence-corrected chi connectivity index (χ4v) is 4.25. The van der Waals surface area contributed by atoms with Gasteiger partial charge in [0.15, 0.2) is 0 Å². The molecular formula is C18H25N3O4S. The van der Waals surface area contributed by atoms with Crippen LogP contribution in [0.2, 0.25) is 0 Å². The number of nitrogens with zero attached hydrogens (tertiary/aromatic N) is 3. The molecule has 1 aromatic heterocycles. The topological polar surface area (TPSA) is 98.1 Å². The lowest BCUT2D eigenvalue weighted by molar-refractivity contribution is 0.115. The van der Waals surface area contributed by atoms with E-state index in [4.69, 9.17) is 4.74 Å². The number of pyridine rings is 1. The van der Waals surface area contributed by atoms with Crippen LogP contribution in [0.4, 0.5) is 4.79 Å². The highest BCUT2D eigenvalue weighted by atomic mass is 32.2. The van der Waals surface area contributed by atoms with E-state index in [2.05, 4.69) is 9.38 Å². The number of aromatic nitrogens is 1. The molecule has 1 aliphatic carbocycles. The van der Waals surface area contributed by atoms with Crippen molar-refractivity contribution < 1.29 is 19.2 Å². The zero-order valence-corrected chi connectivity index (χ0v) is 16.4. The van der Waals surface area contributed by atoms with Crippen molar-refractivity contribution >= 4 is 23.2 Å². The summed E-state index contributed by atoms with van der Waals surface area (Å²) in [6.07, 6.45) is 1.15. The van der Waals surface area contributed by atoms with Crippen LogP contribution in [-0.4, -0.2) is 56.3 Å². The summed E-state index contributed by atoms with van der Waals surface area (Å²) in [6.45, 7) is 6.56. The van der Waals surface area contributed by atoms with Crippen LogP contribution in [0.1, 0.15) is 44.9 Å². The van der Waals surface area contributed by atoms with Crippen LogP contribution in [0.15, 0.2) is 16.5 Å². The summed E-state index contributed by atoms with van der Waals surface area (Å²) in [5, 5.41) is 9.25. The minimum Gasteiger partial charge on any atom is -0.591 e. The van der Waals surface area contributed by atoms with E-state index in [0.717, 1.165) is 23.4 Å². The van der Waals surface area contributed by atoms with E-state index in [-0.39, 0.29) is 5.41 Å². The molecule has 7 nitrogen and oxygen atoms in total. The highest BCUT2D eigenvalue weighted by molar-refractivity contribution is 7.91. The lowest BCUT2D eigenvalue weighted by atomic mass is 9.75. The number of ether oxygens (including phenoxy) is 1. The first-order chi connectivity index (χ1) is 12.2. The molecule has 1 aliphatic heterocycles. The van der Waals surface area contributed by atoms with Crippen molar-refractivity contribution in [2.45, 2.75) is 44.8 Å². The highest BCUT2D eigenvalue weighted by Gasteiger charge is 2.49. The second-order valence-electron chi connectivity index (χ2n) is 7.89. The molecule has 1 unspecified atom stereocenters. The van der Waals surface area contributed by atoms with Gasteiger partial charge in [-0.3, -0.25) is 0 Å². The van der Waals surface area contributed by atoms with E-state index >= 15 is 0 Å². The Morgan fingerprint density at radius 1 is 1.38 bits per heavy atom. The smallest absolute Gasteiger partial charge is 0.407 e. The van der Waals surface area contributed by atoms with Gasteiger partial charge in [-0.15, -0.1) is 0 Å². The van der Waals surface area contributed by atoms with Gasteiger partial charge >= 0.3 is 6.09 Å². The van der Waals surface area contributed by atoms with Crippen LogP contribution in [0, 0.1) is 5.41 Å². The van der Waals surface area contributed by atoms with Crippen molar-refractivity contribution in [3.63, 3.8) is 0 Å². The van der Waals surface area contributed by atoms with Crippen LogP contribution in [-0.2, 0) is 17.8 Å². The fourth-order valence-electron chi connectivity index (χ4n) is 3.53. The van der Waals surface area contributed by atoms with Crippen molar-refractivity contribution in [2.24, 2.45) is 9.81 Å². The summed E-state index contributed by atoms with van der Waals surface area (Å²) in [5.74, 6) is 0.498. The normalized spacial score (nSPS) is 21.7. The molecule has 1 fully saturated rings. The molecule has 26 heavy (non-hydrogen) atoms. The largest absolute Gasteiger partial charge is 0.591 e. The van der Waals surface area contributed by atoms with Gasteiger partial charge in [0.25, 0.3) is 0 Å². The monoisotopic (exact) mass is 379 g/mol. The molecule has 1 aromatic rings. The molecule has 2 aliphatic rings. The number of rotatable bonds is 2. The average molecular weight is 379 g/mol. The Morgan fingerprint density at radius 2 is 2.04 bits per heavy atom. The Morgan fingerprint density at radius 3 is 2.58 bits per heavy atom. The predicted molar refractivity (Wildman–Crippen MR) is 100 cm³/mol. The first kappa shape index (κ1) is 19.0. The fraction of sp³-hybridized carbons (Fsp3) is 0.611. The van der Waals surface area contributed by atoms with Crippen LogP contribution < -0.4 is 4.74 Å². The van der Waals surface area contributed by atoms with Crippen molar-refractivity contribution in [1.29, 1.82) is 0 Å². The van der Waals surface area contributed by atoms with Gasteiger partial charge in [-0.1, -0.05) is 10.5 Å².